The van der Waals surface area contributed by atoms with Crippen LogP contribution in [0.25, 0.3) is 0 Å². The number of aldehydes is 1. The van der Waals surface area contributed by atoms with Crippen LogP contribution in [0.15, 0.2) is 30.0 Å². The first kappa shape index (κ1) is 26.6. The lowest BCUT2D eigenvalue weighted by Crippen LogP contribution is -2.51. The summed E-state index contributed by atoms with van der Waals surface area (Å²) >= 11 is 1.50. The van der Waals surface area contributed by atoms with Gasteiger partial charge in [-0.15, -0.1) is 11.3 Å². The normalized spacial score (nSPS) is 17.8. The van der Waals surface area contributed by atoms with Gasteiger partial charge >= 0.3 is 6.03 Å². The van der Waals surface area contributed by atoms with Crippen LogP contribution in [-0.4, -0.2) is 81.6 Å². The molecule has 2 aliphatic heterocycles. The predicted octanol–water partition coefficient (Wildman–Crippen LogP) is 2.28. The van der Waals surface area contributed by atoms with Gasteiger partial charge in [-0.05, 0) is 37.1 Å². The van der Waals surface area contributed by atoms with E-state index in [0.717, 1.165) is 35.4 Å². The Morgan fingerprint density at radius 1 is 1.31 bits per heavy atom. The van der Waals surface area contributed by atoms with E-state index in [1.54, 1.807) is 17.8 Å². The number of carbonyl (C=O) groups excluding carboxylic acids is 2. The highest BCUT2D eigenvalue weighted by molar-refractivity contribution is 7.09. The Morgan fingerprint density at radius 2 is 2.18 bits per heavy atom. The highest BCUT2D eigenvalue weighted by Gasteiger charge is 2.28. The molecule has 1 atom stereocenters. The maximum Gasteiger partial charge on any atom is 0.328 e. The molecular weight excluding hydrogens is 518 g/mol. The molecule has 0 bridgehead atoms. The van der Waals surface area contributed by atoms with Crippen molar-refractivity contribution in [1.29, 1.82) is 5.26 Å². The molecule has 0 saturated carbocycles. The van der Waals surface area contributed by atoms with Gasteiger partial charge in [0.05, 0.1) is 23.3 Å². The average Bonchev–Trinajstić information content (AvgIpc) is 3.46. The minimum atomic E-state index is -0.622. The number of nitriles is 1. The largest absolute Gasteiger partial charge is 0.379 e. The second kappa shape index (κ2) is 11.8. The quantitative estimate of drug-likeness (QED) is 0.376. The average molecular weight is 548 g/mol. The smallest absolute Gasteiger partial charge is 0.328 e. The molecule has 3 N–H and O–H groups in total. The Hall–Kier alpha value is -3.96. The summed E-state index contributed by atoms with van der Waals surface area (Å²) in [6.07, 6.45) is 4.71. The van der Waals surface area contributed by atoms with Gasteiger partial charge in [0.25, 0.3) is 0 Å². The molecule has 0 aliphatic carbocycles. The van der Waals surface area contributed by atoms with Gasteiger partial charge in [0.15, 0.2) is 6.29 Å². The number of rotatable bonds is 7. The van der Waals surface area contributed by atoms with Crippen molar-refractivity contribution in [2.24, 2.45) is 0 Å². The minimum absolute atomic E-state index is 0.255. The zero-order valence-corrected chi connectivity index (χ0v) is 22.3. The maximum absolute atomic E-state index is 13.3. The van der Waals surface area contributed by atoms with Gasteiger partial charge in [-0.2, -0.15) is 5.26 Å². The summed E-state index contributed by atoms with van der Waals surface area (Å²) in [5, 5.41) is 26.0. The predicted molar refractivity (Wildman–Crippen MR) is 147 cm³/mol. The molecule has 13 heteroatoms. The molecular formula is C26H29N9O3S. The number of anilines is 3. The van der Waals surface area contributed by atoms with Crippen molar-refractivity contribution >= 4 is 41.0 Å². The number of carbonyl (C=O) groups is 2. The minimum Gasteiger partial charge on any atom is -0.379 e. The van der Waals surface area contributed by atoms with Gasteiger partial charge in [-0.25, -0.2) is 14.8 Å². The van der Waals surface area contributed by atoms with Crippen LogP contribution in [0.4, 0.5) is 22.1 Å². The van der Waals surface area contributed by atoms with Crippen LogP contribution < -0.4 is 15.5 Å². The van der Waals surface area contributed by atoms with Crippen LogP contribution >= 0.6 is 11.3 Å². The number of likely N-dealkylation sites (N-methyl/N-ethyl adjacent to an activating group) is 1. The standard InChI is InChI=1S/C26H29N9O3S/c1-33-5-6-34(24(37)14-33)13-18-7-17-3-2-4-35(25(17)31-22(18)15-36)26(38)32-23-8-21(19(9-27)10-30-23)29-12-20-11-28-16-39-20/h7-8,10-11,15-16,24,37H,2-6,12-14H2,1H3,(H2,29,30,32,38). The van der Waals surface area contributed by atoms with E-state index in [-0.39, 0.29) is 11.5 Å². The van der Waals surface area contributed by atoms with E-state index in [4.69, 9.17) is 0 Å². The molecule has 12 nitrogen and oxygen atoms in total. The number of aliphatic hydroxyl groups is 1. The van der Waals surface area contributed by atoms with Crippen molar-refractivity contribution < 1.29 is 14.7 Å². The molecule has 5 rings (SSSR count). The fourth-order valence-corrected chi connectivity index (χ4v) is 5.30. The number of nitrogens with zero attached hydrogens (tertiary/aromatic N) is 7. The number of β-amino-alcohol motifs (C(OH)–C–C–N with tert-alkyl or cyclic N) is 1. The molecule has 0 spiro atoms. The van der Waals surface area contributed by atoms with E-state index in [0.29, 0.717) is 56.1 Å². The zero-order chi connectivity index (χ0) is 27.4. The van der Waals surface area contributed by atoms with Crippen LogP contribution in [0.5, 0.6) is 0 Å². The number of aryl methyl sites for hydroxylation is 1. The monoisotopic (exact) mass is 547 g/mol. The number of amides is 2. The number of piperazine rings is 1. The third-order valence-electron chi connectivity index (χ3n) is 6.87. The highest BCUT2D eigenvalue weighted by Crippen LogP contribution is 2.29. The first-order valence-corrected chi connectivity index (χ1v) is 13.5. The number of hydrogen-bond acceptors (Lipinski definition) is 11. The van der Waals surface area contributed by atoms with Gasteiger partial charge in [0.2, 0.25) is 0 Å². The number of fused-ring (bicyclic) bond motifs is 1. The molecule has 1 fully saturated rings. The fraction of sp³-hybridized carbons (Fsp3) is 0.385. The van der Waals surface area contributed by atoms with E-state index in [1.807, 2.05) is 18.0 Å². The van der Waals surface area contributed by atoms with Crippen molar-refractivity contribution in [3.8, 4) is 6.07 Å². The van der Waals surface area contributed by atoms with E-state index < -0.39 is 12.3 Å². The van der Waals surface area contributed by atoms with Gasteiger partial charge in [0.1, 0.15) is 29.6 Å². The summed E-state index contributed by atoms with van der Waals surface area (Å²) in [6, 6.07) is 5.24. The van der Waals surface area contributed by atoms with Crippen molar-refractivity contribution in [2.45, 2.75) is 32.2 Å². The summed E-state index contributed by atoms with van der Waals surface area (Å²) in [7, 11) is 1.96. The third kappa shape index (κ3) is 6.04. The van der Waals surface area contributed by atoms with Crippen molar-refractivity contribution in [1.82, 2.24) is 24.8 Å². The fourth-order valence-electron chi connectivity index (χ4n) is 4.77. The Bertz CT molecular complexity index is 1390. The van der Waals surface area contributed by atoms with E-state index in [9.17, 15) is 20.0 Å². The highest BCUT2D eigenvalue weighted by atomic mass is 32.1. The van der Waals surface area contributed by atoms with Crippen molar-refractivity contribution in [3.05, 3.63) is 57.3 Å². The molecule has 202 valence electrons. The van der Waals surface area contributed by atoms with Gasteiger partial charge < -0.3 is 15.3 Å². The summed E-state index contributed by atoms with van der Waals surface area (Å²) in [6.45, 7) is 3.37. The van der Waals surface area contributed by atoms with E-state index >= 15 is 0 Å². The molecule has 0 radical (unpaired) electrons. The first-order valence-electron chi connectivity index (χ1n) is 12.6. The maximum atomic E-state index is 13.3. The van der Waals surface area contributed by atoms with E-state index in [2.05, 4.69) is 36.6 Å². The molecule has 2 aliphatic rings. The summed E-state index contributed by atoms with van der Waals surface area (Å²) in [5.74, 6) is 0.731. The lowest BCUT2D eigenvalue weighted by Gasteiger charge is -2.37. The number of hydrogen-bond donors (Lipinski definition) is 3. The van der Waals surface area contributed by atoms with Crippen LogP contribution in [-0.2, 0) is 19.5 Å². The third-order valence-corrected chi connectivity index (χ3v) is 7.65. The summed E-state index contributed by atoms with van der Waals surface area (Å²) in [4.78, 5) is 44.7. The number of thiazole rings is 1. The van der Waals surface area contributed by atoms with Gasteiger partial charge in [-0.1, -0.05) is 0 Å². The van der Waals surface area contributed by atoms with Crippen LogP contribution in [0.3, 0.4) is 0 Å². The Morgan fingerprint density at radius 3 is 2.92 bits per heavy atom. The molecule has 5 heterocycles. The Balaban J connectivity index is 1.33. The SMILES string of the molecule is CN1CCN(Cc2cc3c(nc2C=O)N(C(=O)Nc2cc(NCc4cncs4)c(C#N)cn2)CCC3)C(O)C1. The second-order valence-corrected chi connectivity index (χ2v) is 10.6. The number of urea groups is 1. The number of pyridine rings is 2. The molecule has 2 amide bonds. The molecule has 1 unspecified atom stereocenters. The van der Waals surface area contributed by atoms with Crippen LogP contribution in [0.1, 0.15) is 38.5 Å². The van der Waals surface area contributed by atoms with E-state index in [1.165, 1.54) is 22.4 Å². The number of nitrogens with one attached hydrogen (secondary N) is 2. The second-order valence-electron chi connectivity index (χ2n) is 9.58. The molecule has 3 aromatic rings. The van der Waals surface area contributed by atoms with Gasteiger partial charge in [-0.3, -0.25) is 24.9 Å². The van der Waals surface area contributed by atoms with Crippen molar-refractivity contribution in [2.75, 3.05) is 48.8 Å². The Kier molecular flexibility index (Phi) is 8.08. The summed E-state index contributed by atoms with van der Waals surface area (Å²) in [5.41, 5.74) is 4.51. The van der Waals surface area contributed by atoms with Gasteiger partial charge in [0, 0.05) is 56.1 Å². The van der Waals surface area contributed by atoms with Crippen LogP contribution in [0.2, 0.25) is 0 Å². The number of aromatic nitrogens is 3. The topological polar surface area (TPSA) is 151 Å². The molecule has 1 saturated heterocycles. The van der Waals surface area contributed by atoms with Crippen LogP contribution in [0, 0.1) is 11.3 Å². The lowest BCUT2D eigenvalue weighted by molar-refractivity contribution is -0.0538. The first-order chi connectivity index (χ1) is 18.9. The molecule has 3 aromatic heterocycles. The Labute approximate surface area is 229 Å². The molecule has 39 heavy (non-hydrogen) atoms. The lowest BCUT2D eigenvalue weighted by atomic mass is 10.0. The van der Waals surface area contributed by atoms with Crippen molar-refractivity contribution in [3.63, 3.8) is 0 Å². The summed E-state index contributed by atoms with van der Waals surface area (Å²) < 4.78 is 0. The zero-order valence-electron chi connectivity index (χ0n) is 21.5. The molecule has 0 aromatic carbocycles. The number of aliphatic hydroxyl groups excluding tert-OH is 1.